The molecular formula is C18H34N2. The summed E-state index contributed by atoms with van der Waals surface area (Å²) in [6.45, 7) is 3.50. The third-order valence-electron chi connectivity index (χ3n) is 5.97. The number of rotatable bonds is 4. The fourth-order valence-corrected chi connectivity index (χ4v) is 5.06. The first-order valence-corrected chi connectivity index (χ1v) is 9.39. The van der Waals surface area contributed by atoms with E-state index in [0.717, 1.165) is 24.2 Å². The minimum atomic E-state index is 0.817. The third kappa shape index (κ3) is 3.39. The van der Waals surface area contributed by atoms with E-state index in [1.807, 2.05) is 0 Å². The second-order valence-electron chi connectivity index (χ2n) is 7.45. The van der Waals surface area contributed by atoms with Gasteiger partial charge in [-0.05, 0) is 51.5 Å². The monoisotopic (exact) mass is 278 g/mol. The summed E-state index contributed by atoms with van der Waals surface area (Å²) in [7, 11) is 0. The first-order chi connectivity index (χ1) is 9.88. The highest BCUT2D eigenvalue weighted by atomic mass is 15.3. The van der Waals surface area contributed by atoms with E-state index in [1.165, 1.54) is 83.6 Å². The van der Waals surface area contributed by atoms with Crippen molar-refractivity contribution in [3.63, 3.8) is 0 Å². The zero-order chi connectivity index (χ0) is 13.8. The van der Waals surface area contributed by atoms with Crippen LogP contribution < -0.4 is 5.32 Å². The van der Waals surface area contributed by atoms with Crippen molar-refractivity contribution in [2.24, 2.45) is 0 Å². The maximum Gasteiger partial charge on any atom is 0.0116 e. The highest BCUT2D eigenvalue weighted by Gasteiger charge is 2.43. The van der Waals surface area contributed by atoms with Gasteiger partial charge in [0, 0.05) is 24.2 Å². The van der Waals surface area contributed by atoms with Crippen molar-refractivity contribution in [2.45, 2.75) is 108 Å². The van der Waals surface area contributed by atoms with Crippen LogP contribution in [-0.4, -0.2) is 35.6 Å². The molecule has 3 fully saturated rings. The molecule has 20 heavy (non-hydrogen) atoms. The van der Waals surface area contributed by atoms with Crippen LogP contribution in [0, 0.1) is 0 Å². The van der Waals surface area contributed by atoms with E-state index in [0.29, 0.717) is 0 Å². The van der Waals surface area contributed by atoms with Crippen molar-refractivity contribution >= 4 is 0 Å². The zero-order valence-corrected chi connectivity index (χ0v) is 13.4. The van der Waals surface area contributed by atoms with Crippen molar-refractivity contribution in [3.05, 3.63) is 0 Å². The molecule has 0 radical (unpaired) electrons. The summed E-state index contributed by atoms with van der Waals surface area (Å²) < 4.78 is 0. The van der Waals surface area contributed by atoms with Gasteiger partial charge in [-0.15, -0.1) is 0 Å². The maximum atomic E-state index is 3.79. The first-order valence-electron chi connectivity index (χ1n) is 9.39. The molecule has 0 spiro atoms. The summed E-state index contributed by atoms with van der Waals surface area (Å²) in [6, 6.07) is 3.57. The standard InChI is InChI=1S/C18H34N2/c1-2-12-19-15-13-17-10-11-18(14-15)20(17)16-8-6-4-3-5-7-9-16/h15-19H,2-14H2,1H3. The predicted octanol–water partition coefficient (Wildman–Crippen LogP) is 4.09. The topological polar surface area (TPSA) is 15.3 Å². The number of nitrogens with zero attached hydrogens (tertiary/aromatic N) is 1. The molecule has 3 aliphatic rings. The molecular weight excluding hydrogens is 244 g/mol. The zero-order valence-electron chi connectivity index (χ0n) is 13.4. The Hall–Kier alpha value is -0.0800. The first kappa shape index (κ1) is 14.8. The second-order valence-corrected chi connectivity index (χ2v) is 7.45. The molecule has 2 unspecified atom stereocenters. The number of hydrogen-bond donors (Lipinski definition) is 1. The highest BCUT2D eigenvalue weighted by Crippen LogP contribution is 2.39. The molecule has 0 aromatic carbocycles. The Morgan fingerprint density at radius 1 is 0.800 bits per heavy atom. The molecule has 2 bridgehead atoms. The number of nitrogens with one attached hydrogen (secondary N) is 1. The lowest BCUT2D eigenvalue weighted by atomic mass is 9.90. The SMILES string of the molecule is CCCNC1CC2CCC(C1)N2C1CCCCCCC1. The molecule has 2 nitrogen and oxygen atoms in total. The van der Waals surface area contributed by atoms with Crippen LogP contribution in [0.1, 0.15) is 84.0 Å². The van der Waals surface area contributed by atoms with Gasteiger partial charge in [0.05, 0.1) is 0 Å². The van der Waals surface area contributed by atoms with Crippen molar-refractivity contribution in [2.75, 3.05) is 6.54 Å². The van der Waals surface area contributed by atoms with Crippen LogP contribution in [0.2, 0.25) is 0 Å². The van der Waals surface area contributed by atoms with Crippen LogP contribution >= 0.6 is 0 Å². The predicted molar refractivity (Wildman–Crippen MR) is 86.1 cm³/mol. The lowest BCUT2D eigenvalue weighted by Crippen LogP contribution is -2.53. The molecule has 2 atom stereocenters. The Labute approximate surface area is 125 Å². The number of hydrogen-bond acceptors (Lipinski definition) is 2. The van der Waals surface area contributed by atoms with E-state index in [1.54, 1.807) is 0 Å². The quantitative estimate of drug-likeness (QED) is 0.833. The lowest BCUT2D eigenvalue weighted by Gasteiger charge is -2.44. The molecule has 3 rings (SSSR count). The Morgan fingerprint density at radius 2 is 1.40 bits per heavy atom. The van der Waals surface area contributed by atoms with Crippen molar-refractivity contribution < 1.29 is 0 Å². The highest BCUT2D eigenvalue weighted by molar-refractivity contribution is 5.00. The smallest absolute Gasteiger partial charge is 0.0116 e. The minimum Gasteiger partial charge on any atom is -0.314 e. The summed E-state index contributed by atoms with van der Waals surface area (Å²) >= 11 is 0. The number of fused-ring (bicyclic) bond motifs is 2. The van der Waals surface area contributed by atoms with E-state index in [2.05, 4.69) is 17.1 Å². The van der Waals surface area contributed by atoms with Gasteiger partial charge in [-0.25, -0.2) is 0 Å². The molecule has 1 N–H and O–H groups in total. The molecule has 0 aromatic rings. The van der Waals surface area contributed by atoms with E-state index < -0.39 is 0 Å². The van der Waals surface area contributed by atoms with E-state index >= 15 is 0 Å². The molecule has 1 saturated carbocycles. The van der Waals surface area contributed by atoms with Gasteiger partial charge in [0.1, 0.15) is 0 Å². The Kier molecular flexibility index (Phi) is 5.39. The van der Waals surface area contributed by atoms with Crippen molar-refractivity contribution in [1.82, 2.24) is 10.2 Å². The van der Waals surface area contributed by atoms with E-state index in [-0.39, 0.29) is 0 Å². The van der Waals surface area contributed by atoms with Gasteiger partial charge in [-0.1, -0.05) is 39.0 Å². The molecule has 116 valence electrons. The number of piperidine rings is 1. The van der Waals surface area contributed by atoms with Crippen LogP contribution in [0.4, 0.5) is 0 Å². The lowest BCUT2D eigenvalue weighted by molar-refractivity contribution is 0.0566. The summed E-state index contributed by atoms with van der Waals surface area (Å²) in [5, 5.41) is 3.79. The van der Waals surface area contributed by atoms with Crippen LogP contribution in [-0.2, 0) is 0 Å². The van der Waals surface area contributed by atoms with Crippen LogP contribution in [0.15, 0.2) is 0 Å². The maximum absolute atomic E-state index is 3.79. The Bertz CT molecular complexity index is 269. The molecule has 0 aromatic heterocycles. The third-order valence-corrected chi connectivity index (χ3v) is 5.97. The van der Waals surface area contributed by atoms with Gasteiger partial charge >= 0.3 is 0 Å². The van der Waals surface area contributed by atoms with Crippen molar-refractivity contribution in [1.29, 1.82) is 0 Å². The molecule has 2 heteroatoms. The van der Waals surface area contributed by atoms with Crippen LogP contribution in [0.5, 0.6) is 0 Å². The van der Waals surface area contributed by atoms with Crippen LogP contribution in [0.25, 0.3) is 0 Å². The average Bonchev–Trinajstić information content (AvgIpc) is 2.68. The fourth-order valence-electron chi connectivity index (χ4n) is 5.06. The fraction of sp³-hybridized carbons (Fsp3) is 1.00. The Balaban J connectivity index is 1.58. The van der Waals surface area contributed by atoms with E-state index in [4.69, 9.17) is 0 Å². The second kappa shape index (κ2) is 7.26. The molecule has 1 aliphatic carbocycles. The van der Waals surface area contributed by atoms with Crippen LogP contribution in [0.3, 0.4) is 0 Å². The summed E-state index contributed by atoms with van der Waals surface area (Å²) in [5.41, 5.74) is 0. The normalized spacial score (nSPS) is 36.8. The Morgan fingerprint density at radius 3 is 2.00 bits per heavy atom. The summed E-state index contributed by atoms with van der Waals surface area (Å²) in [4.78, 5) is 3.00. The van der Waals surface area contributed by atoms with Crippen molar-refractivity contribution in [3.8, 4) is 0 Å². The van der Waals surface area contributed by atoms with Gasteiger partial charge in [0.2, 0.25) is 0 Å². The summed E-state index contributed by atoms with van der Waals surface area (Å²) in [6.07, 6.45) is 17.5. The van der Waals surface area contributed by atoms with Gasteiger partial charge in [-0.3, -0.25) is 4.90 Å². The molecule has 2 heterocycles. The molecule has 2 aliphatic heterocycles. The molecule has 2 saturated heterocycles. The average molecular weight is 278 g/mol. The summed E-state index contributed by atoms with van der Waals surface area (Å²) in [5.74, 6) is 0. The van der Waals surface area contributed by atoms with Gasteiger partial charge in [0.25, 0.3) is 0 Å². The largest absolute Gasteiger partial charge is 0.314 e. The van der Waals surface area contributed by atoms with Gasteiger partial charge in [-0.2, -0.15) is 0 Å². The van der Waals surface area contributed by atoms with Gasteiger partial charge in [0.15, 0.2) is 0 Å². The minimum absolute atomic E-state index is 0.817. The van der Waals surface area contributed by atoms with Gasteiger partial charge < -0.3 is 5.32 Å². The molecule has 0 amide bonds. The van der Waals surface area contributed by atoms with E-state index in [9.17, 15) is 0 Å².